The first-order valence-electron chi connectivity index (χ1n) is 6.61. The molecular formula is C16H16O3S. The fraction of sp³-hybridized carbons (Fsp3) is 0.312. The number of ketones is 1. The van der Waals surface area contributed by atoms with Gasteiger partial charge in [-0.3, -0.25) is 4.79 Å². The van der Waals surface area contributed by atoms with Crippen LogP contribution in [0.5, 0.6) is 11.5 Å². The van der Waals surface area contributed by atoms with Crippen LogP contribution in [0.15, 0.2) is 24.3 Å². The highest BCUT2D eigenvalue weighted by Gasteiger charge is 2.20. The Balaban J connectivity index is 1.93. The second kappa shape index (κ2) is 5.29. The molecule has 0 saturated carbocycles. The Morgan fingerprint density at radius 2 is 1.90 bits per heavy atom. The first kappa shape index (κ1) is 13.2. The lowest BCUT2D eigenvalue weighted by atomic mass is 10.1. The van der Waals surface area contributed by atoms with E-state index in [2.05, 4.69) is 0 Å². The zero-order valence-corrected chi connectivity index (χ0v) is 12.4. The smallest absolute Gasteiger partial charge is 0.203 e. The molecule has 3 nitrogen and oxygen atoms in total. The molecule has 0 fully saturated rings. The first-order valence-corrected chi connectivity index (χ1v) is 7.43. The largest absolute Gasteiger partial charge is 0.493 e. The van der Waals surface area contributed by atoms with Crippen LogP contribution >= 0.6 is 11.3 Å². The number of rotatable bonds is 4. The number of carbonyl (C=O) groups is 1. The van der Waals surface area contributed by atoms with Crippen LogP contribution in [0.2, 0.25) is 0 Å². The molecule has 0 radical (unpaired) electrons. The van der Waals surface area contributed by atoms with Gasteiger partial charge in [-0.2, -0.15) is 0 Å². The first-order chi connectivity index (χ1) is 9.72. The van der Waals surface area contributed by atoms with Gasteiger partial charge in [0.2, 0.25) is 5.78 Å². The summed E-state index contributed by atoms with van der Waals surface area (Å²) < 4.78 is 10.4. The number of fused-ring (bicyclic) bond motifs is 1. The van der Waals surface area contributed by atoms with Gasteiger partial charge in [0.25, 0.3) is 0 Å². The zero-order valence-electron chi connectivity index (χ0n) is 11.6. The Hall–Kier alpha value is -1.81. The molecule has 0 spiro atoms. The third kappa shape index (κ3) is 2.20. The standard InChI is InChI=1S/C16H16O3S/c1-18-12-7-6-11(8-13(12)19-2)16(17)15-9-10-4-3-5-14(10)20-15/h6-9H,3-5H2,1-2H3. The summed E-state index contributed by atoms with van der Waals surface area (Å²) in [5.74, 6) is 1.28. The molecule has 0 amide bonds. The van der Waals surface area contributed by atoms with Gasteiger partial charge in [-0.25, -0.2) is 0 Å². The van der Waals surface area contributed by atoms with Gasteiger partial charge >= 0.3 is 0 Å². The van der Waals surface area contributed by atoms with Crippen LogP contribution in [0.1, 0.15) is 32.1 Å². The summed E-state index contributed by atoms with van der Waals surface area (Å²) >= 11 is 1.63. The quantitative estimate of drug-likeness (QED) is 0.808. The van der Waals surface area contributed by atoms with E-state index in [1.807, 2.05) is 6.07 Å². The monoisotopic (exact) mass is 288 g/mol. The van der Waals surface area contributed by atoms with Crippen molar-refractivity contribution >= 4 is 17.1 Å². The van der Waals surface area contributed by atoms with Crippen molar-refractivity contribution in [2.75, 3.05) is 14.2 Å². The van der Waals surface area contributed by atoms with E-state index in [9.17, 15) is 4.79 Å². The molecule has 0 atom stereocenters. The van der Waals surface area contributed by atoms with Gasteiger partial charge in [0.05, 0.1) is 19.1 Å². The van der Waals surface area contributed by atoms with Gasteiger partial charge in [-0.1, -0.05) is 0 Å². The van der Waals surface area contributed by atoms with E-state index in [-0.39, 0.29) is 5.78 Å². The highest BCUT2D eigenvalue weighted by atomic mass is 32.1. The van der Waals surface area contributed by atoms with Crippen molar-refractivity contribution in [3.8, 4) is 11.5 Å². The van der Waals surface area contributed by atoms with E-state index in [0.717, 1.165) is 17.7 Å². The third-order valence-electron chi connectivity index (χ3n) is 3.62. The van der Waals surface area contributed by atoms with Crippen molar-refractivity contribution in [3.05, 3.63) is 45.1 Å². The minimum absolute atomic E-state index is 0.0605. The molecule has 1 aromatic heterocycles. The minimum atomic E-state index is 0.0605. The normalized spacial score (nSPS) is 13.1. The molecule has 2 aromatic rings. The second-order valence-electron chi connectivity index (χ2n) is 4.81. The van der Waals surface area contributed by atoms with Gasteiger partial charge in [-0.15, -0.1) is 11.3 Å². The molecule has 1 aliphatic carbocycles. The predicted octanol–water partition coefficient (Wildman–Crippen LogP) is 3.49. The van der Waals surface area contributed by atoms with Crippen LogP contribution in [-0.4, -0.2) is 20.0 Å². The summed E-state index contributed by atoms with van der Waals surface area (Å²) in [5.41, 5.74) is 1.99. The van der Waals surface area contributed by atoms with Gasteiger partial charge < -0.3 is 9.47 Å². The van der Waals surface area contributed by atoms with Crippen molar-refractivity contribution in [1.29, 1.82) is 0 Å². The van der Waals surface area contributed by atoms with Crippen LogP contribution in [-0.2, 0) is 12.8 Å². The number of carbonyl (C=O) groups excluding carboxylic acids is 1. The SMILES string of the molecule is COc1ccc(C(=O)c2cc3c(s2)CCC3)cc1OC. The molecule has 20 heavy (non-hydrogen) atoms. The summed E-state index contributed by atoms with van der Waals surface area (Å²) in [6, 6.07) is 7.35. The van der Waals surface area contributed by atoms with Crippen LogP contribution in [0.3, 0.4) is 0 Å². The number of benzene rings is 1. The maximum Gasteiger partial charge on any atom is 0.203 e. The number of aryl methyl sites for hydroxylation is 2. The average Bonchev–Trinajstić information content (AvgIpc) is 3.06. The molecule has 1 aromatic carbocycles. The maximum absolute atomic E-state index is 12.5. The van der Waals surface area contributed by atoms with Crippen LogP contribution < -0.4 is 9.47 Å². The summed E-state index contributed by atoms with van der Waals surface area (Å²) in [6.07, 6.45) is 3.43. The van der Waals surface area contributed by atoms with Crippen molar-refractivity contribution in [2.45, 2.75) is 19.3 Å². The average molecular weight is 288 g/mol. The lowest BCUT2D eigenvalue weighted by molar-refractivity contribution is 0.104. The lowest BCUT2D eigenvalue weighted by Crippen LogP contribution is -2.00. The molecule has 0 aliphatic heterocycles. The fourth-order valence-corrected chi connectivity index (χ4v) is 3.78. The third-order valence-corrected chi connectivity index (χ3v) is 4.85. The fourth-order valence-electron chi connectivity index (χ4n) is 2.56. The topological polar surface area (TPSA) is 35.5 Å². The Morgan fingerprint density at radius 3 is 2.60 bits per heavy atom. The van der Waals surface area contributed by atoms with Gasteiger partial charge in [0.1, 0.15) is 0 Å². The molecule has 3 rings (SSSR count). The van der Waals surface area contributed by atoms with Crippen molar-refractivity contribution < 1.29 is 14.3 Å². The minimum Gasteiger partial charge on any atom is -0.493 e. The highest BCUT2D eigenvalue weighted by Crippen LogP contribution is 2.33. The highest BCUT2D eigenvalue weighted by molar-refractivity contribution is 7.14. The molecule has 1 aliphatic rings. The number of hydrogen-bond donors (Lipinski definition) is 0. The van der Waals surface area contributed by atoms with E-state index in [4.69, 9.17) is 9.47 Å². The molecule has 104 valence electrons. The van der Waals surface area contributed by atoms with Gasteiger partial charge in [-0.05, 0) is 49.1 Å². The Kier molecular flexibility index (Phi) is 3.49. The van der Waals surface area contributed by atoms with Crippen LogP contribution in [0.25, 0.3) is 0 Å². The predicted molar refractivity (Wildman–Crippen MR) is 79.3 cm³/mol. The van der Waals surface area contributed by atoms with E-state index in [0.29, 0.717) is 17.1 Å². The maximum atomic E-state index is 12.5. The summed E-state index contributed by atoms with van der Waals surface area (Å²) in [4.78, 5) is 14.7. The molecule has 0 N–H and O–H groups in total. The van der Waals surface area contributed by atoms with E-state index in [1.165, 1.54) is 16.9 Å². The number of ether oxygens (including phenoxy) is 2. The molecule has 4 heteroatoms. The van der Waals surface area contributed by atoms with E-state index < -0.39 is 0 Å². The summed E-state index contributed by atoms with van der Waals surface area (Å²) in [6.45, 7) is 0. The second-order valence-corrected chi connectivity index (χ2v) is 5.95. The van der Waals surface area contributed by atoms with Gasteiger partial charge in [0.15, 0.2) is 11.5 Å². The van der Waals surface area contributed by atoms with Crippen LogP contribution in [0, 0.1) is 0 Å². The molecular weight excluding hydrogens is 272 g/mol. The molecule has 0 unspecified atom stereocenters. The van der Waals surface area contributed by atoms with Crippen molar-refractivity contribution in [1.82, 2.24) is 0 Å². The van der Waals surface area contributed by atoms with E-state index >= 15 is 0 Å². The Bertz CT molecular complexity index is 636. The molecule has 1 heterocycles. The lowest BCUT2D eigenvalue weighted by Gasteiger charge is -2.08. The Morgan fingerprint density at radius 1 is 1.10 bits per heavy atom. The molecule has 0 bridgehead atoms. The van der Waals surface area contributed by atoms with Crippen molar-refractivity contribution in [2.24, 2.45) is 0 Å². The van der Waals surface area contributed by atoms with Crippen molar-refractivity contribution in [3.63, 3.8) is 0 Å². The number of thiophene rings is 1. The Labute approximate surface area is 122 Å². The number of hydrogen-bond acceptors (Lipinski definition) is 4. The molecule has 0 saturated heterocycles. The van der Waals surface area contributed by atoms with Crippen LogP contribution in [0.4, 0.5) is 0 Å². The summed E-state index contributed by atoms with van der Waals surface area (Å²) in [7, 11) is 3.16. The zero-order chi connectivity index (χ0) is 14.1. The van der Waals surface area contributed by atoms with Gasteiger partial charge in [0, 0.05) is 10.4 Å². The summed E-state index contributed by atoms with van der Waals surface area (Å²) in [5, 5.41) is 0. The number of methoxy groups -OCH3 is 2. The van der Waals surface area contributed by atoms with E-state index in [1.54, 1.807) is 43.8 Å².